The minimum atomic E-state index is -0.748. The van der Waals surface area contributed by atoms with Crippen LogP contribution in [0.15, 0.2) is 42.0 Å². The third kappa shape index (κ3) is 7.41. The number of nitrogens with zero attached hydrogens (tertiary/aromatic N) is 2. The van der Waals surface area contributed by atoms with Crippen molar-refractivity contribution in [2.75, 3.05) is 20.7 Å². The Kier molecular flexibility index (Phi) is 10.7. The monoisotopic (exact) mass is 545 g/mol. The third-order valence-corrected chi connectivity index (χ3v) is 8.74. The van der Waals surface area contributed by atoms with Gasteiger partial charge in [-0.05, 0) is 51.6 Å². The summed E-state index contributed by atoms with van der Waals surface area (Å²) in [6.07, 6.45) is 1.79. The van der Waals surface area contributed by atoms with Crippen LogP contribution >= 0.6 is 11.8 Å². The van der Waals surface area contributed by atoms with E-state index in [4.69, 9.17) is 4.74 Å². The lowest BCUT2D eigenvalue weighted by molar-refractivity contribution is -0.141. The van der Waals surface area contributed by atoms with Gasteiger partial charge in [-0.1, -0.05) is 71.0 Å². The quantitative estimate of drug-likeness (QED) is 0.346. The van der Waals surface area contributed by atoms with Gasteiger partial charge in [0.15, 0.2) is 0 Å². The molecule has 0 spiro atoms. The van der Waals surface area contributed by atoms with Gasteiger partial charge in [-0.2, -0.15) is 0 Å². The van der Waals surface area contributed by atoms with Crippen LogP contribution in [0.4, 0.5) is 0 Å². The zero-order valence-corrected chi connectivity index (χ0v) is 25.8. The van der Waals surface area contributed by atoms with Crippen LogP contribution in [0.2, 0.25) is 0 Å². The maximum atomic E-state index is 13.9. The van der Waals surface area contributed by atoms with Gasteiger partial charge in [-0.25, -0.2) is 4.79 Å². The Bertz CT molecular complexity index is 1020. The SMILES string of the molecule is CCOC(=O)C(C)=C[C@H](C(C)C)N(C)C(=O)[C@@H](NC(=O)[C@H]1N(C)[C@@H](c2ccccc2)SC1(C)C)C(C)(C)C. The van der Waals surface area contributed by atoms with Gasteiger partial charge in [-0.15, -0.1) is 11.8 Å². The fraction of sp³-hybridized carbons (Fsp3) is 0.633. The lowest BCUT2D eigenvalue weighted by Gasteiger charge is -2.39. The number of likely N-dealkylation sites (N-methyl/N-ethyl adjacent to an activating group) is 2. The topological polar surface area (TPSA) is 79.0 Å². The first-order valence-electron chi connectivity index (χ1n) is 13.4. The van der Waals surface area contributed by atoms with Crippen LogP contribution in [0.5, 0.6) is 0 Å². The molecular formula is C30H47N3O4S. The van der Waals surface area contributed by atoms with Gasteiger partial charge in [0, 0.05) is 17.4 Å². The molecule has 2 rings (SSSR count). The van der Waals surface area contributed by atoms with Gasteiger partial charge in [0.25, 0.3) is 0 Å². The summed E-state index contributed by atoms with van der Waals surface area (Å²) in [6, 6.07) is 8.67. The van der Waals surface area contributed by atoms with Crippen molar-refractivity contribution in [3.8, 4) is 0 Å². The second-order valence-corrected chi connectivity index (χ2v) is 13.8. The molecule has 1 aliphatic heterocycles. The van der Waals surface area contributed by atoms with Crippen LogP contribution in [0.3, 0.4) is 0 Å². The van der Waals surface area contributed by atoms with Crippen LogP contribution in [-0.4, -0.2) is 71.2 Å². The minimum Gasteiger partial charge on any atom is -0.463 e. The standard InChI is InChI=1S/C30H47N3O4S/c1-12-37-28(36)20(4)18-22(19(2)3)32(10)26(35)23(29(5,6)7)31-25(34)24-30(8,9)38-27(33(24)11)21-16-14-13-15-17-21/h13-19,22-24,27H,12H2,1-11H3,(H,31,34)/t22-,23-,24-,27-/m1/s1. The number of amides is 2. The van der Waals surface area contributed by atoms with E-state index in [1.54, 1.807) is 43.6 Å². The molecule has 0 bridgehead atoms. The fourth-order valence-corrected chi connectivity index (χ4v) is 6.58. The lowest BCUT2D eigenvalue weighted by Crippen LogP contribution is -2.60. The van der Waals surface area contributed by atoms with Crippen molar-refractivity contribution < 1.29 is 19.1 Å². The zero-order valence-electron chi connectivity index (χ0n) is 25.0. The smallest absolute Gasteiger partial charge is 0.333 e. The minimum absolute atomic E-state index is 0.0368. The number of carbonyl (C=O) groups is 3. The molecule has 1 aromatic rings. The molecule has 0 radical (unpaired) electrons. The molecule has 7 nitrogen and oxygen atoms in total. The van der Waals surface area contributed by atoms with Crippen LogP contribution in [-0.2, 0) is 19.1 Å². The second-order valence-electron chi connectivity index (χ2n) is 12.1. The molecule has 1 saturated heterocycles. The highest BCUT2D eigenvalue weighted by atomic mass is 32.2. The van der Waals surface area contributed by atoms with Gasteiger partial charge in [-0.3, -0.25) is 14.5 Å². The lowest BCUT2D eigenvalue weighted by atomic mass is 9.84. The number of rotatable bonds is 9. The van der Waals surface area contributed by atoms with Crippen molar-refractivity contribution >= 4 is 29.5 Å². The molecule has 0 aliphatic carbocycles. The average molecular weight is 546 g/mol. The van der Waals surface area contributed by atoms with Gasteiger partial charge in [0.1, 0.15) is 12.1 Å². The van der Waals surface area contributed by atoms with E-state index in [1.807, 2.05) is 59.9 Å². The second kappa shape index (κ2) is 12.7. The molecular weight excluding hydrogens is 498 g/mol. The number of thioether (sulfide) groups is 1. The summed E-state index contributed by atoms with van der Waals surface area (Å²) in [5.74, 6) is -0.697. The highest BCUT2D eigenvalue weighted by Crippen LogP contribution is 2.51. The molecule has 4 atom stereocenters. The van der Waals surface area contributed by atoms with Crippen molar-refractivity contribution in [1.29, 1.82) is 0 Å². The number of benzene rings is 1. The number of esters is 1. The summed E-state index contributed by atoms with van der Waals surface area (Å²) >= 11 is 1.76. The van der Waals surface area contributed by atoms with Crippen LogP contribution in [0, 0.1) is 11.3 Å². The first-order valence-corrected chi connectivity index (χ1v) is 14.3. The molecule has 38 heavy (non-hydrogen) atoms. The van der Waals surface area contributed by atoms with Crippen LogP contribution < -0.4 is 5.32 Å². The van der Waals surface area contributed by atoms with Gasteiger partial charge in [0.2, 0.25) is 11.8 Å². The molecule has 0 saturated carbocycles. The van der Waals surface area contributed by atoms with E-state index < -0.39 is 23.5 Å². The number of hydrogen-bond acceptors (Lipinski definition) is 6. The Morgan fingerprint density at radius 3 is 2.26 bits per heavy atom. The Labute approximate surface area is 233 Å². The largest absolute Gasteiger partial charge is 0.463 e. The van der Waals surface area contributed by atoms with E-state index in [-0.39, 0.29) is 33.9 Å². The molecule has 1 aliphatic rings. The molecule has 0 aromatic heterocycles. The molecule has 212 valence electrons. The summed E-state index contributed by atoms with van der Waals surface area (Å²) in [6.45, 7) is 17.8. The number of hydrogen-bond donors (Lipinski definition) is 1. The summed E-state index contributed by atoms with van der Waals surface area (Å²) < 4.78 is 4.77. The molecule has 1 fully saturated rings. The predicted octanol–water partition coefficient (Wildman–Crippen LogP) is 5.03. The molecule has 1 N–H and O–H groups in total. The van der Waals surface area contributed by atoms with E-state index in [0.29, 0.717) is 12.2 Å². The highest BCUT2D eigenvalue weighted by Gasteiger charge is 2.51. The summed E-state index contributed by atoms with van der Waals surface area (Å²) in [5.41, 5.74) is 1.07. The Balaban J connectivity index is 2.33. The van der Waals surface area contributed by atoms with Crippen molar-refractivity contribution in [2.45, 2.75) is 90.6 Å². The van der Waals surface area contributed by atoms with Crippen molar-refractivity contribution in [3.63, 3.8) is 0 Å². The zero-order chi connectivity index (χ0) is 29.0. The molecule has 2 amide bonds. The Hall–Kier alpha value is -2.32. The molecule has 0 unspecified atom stereocenters. The summed E-state index contributed by atoms with van der Waals surface area (Å²) in [5, 5.41) is 3.17. The van der Waals surface area contributed by atoms with Crippen molar-refractivity contribution in [3.05, 3.63) is 47.5 Å². The third-order valence-electron chi connectivity index (χ3n) is 7.08. The van der Waals surface area contributed by atoms with E-state index in [1.165, 1.54) is 0 Å². The molecule has 1 aromatic carbocycles. The molecule has 8 heteroatoms. The molecule has 1 heterocycles. The van der Waals surface area contributed by atoms with Crippen molar-refractivity contribution in [1.82, 2.24) is 15.1 Å². The number of ether oxygens (including phenoxy) is 1. The summed E-state index contributed by atoms with van der Waals surface area (Å²) in [4.78, 5) is 43.8. The van der Waals surface area contributed by atoms with E-state index in [2.05, 4.69) is 36.2 Å². The van der Waals surface area contributed by atoms with Crippen LogP contribution in [0.25, 0.3) is 0 Å². The average Bonchev–Trinajstić information content (AvgIpc) is 3.07. The van der Waals surface area contributed by atoms with E-state index >= 15 is 0 Å². The highest BCUT2D eigenvalue weighted by molar-refractivity contribution is 8.01. The van der Waals surface area contributed by atoms with Crippen molar-refractivity contribution in [2.24, 2.45) is 11.3 Å². The number of carbonyl (C=O) groups excluding carboxylic acids is 3. The van der Waals surface area contributed by atoms with Gasteiger partial charge < -0.3 is 15.0 Å². The first-order chi connectivity index (χ1) is 17.5. The predicted molar refractivity (Wildman–Crippen MR) is 156 cm³/mol. The van der Waals surface area contributed by atoms with Crippen LogP contribution in [0.1, 0.15) is 73.3 Å². The first kappa shape index (κ1) is 31.9. The maximum Gasteiger partial charge on any atom is 0.333 e. The van der Waals surface area contributed by atoms with Gasteiger partial charge in [0.05, 0.1) is 18.0 Å². The van der Waals surface area contributed by atoms with Gasteiger partial charge >= 0.3 is 5.97 Å². The normalized spacial score (nSPS) is 21.6. The maximum absolute atomic E-state index is 13.9. The summed E-state index contributed by atoms with van der Waals surface area (Å²) in [7, 11) is 3.71. The van der Waals surface area contributed by atoms with E-state index in [9.17, 15) is 14.4 Å². The Morgan fingerprint density at radius 2 is 1.76 bits per heavy atom. The Morgan fingerprint density at radius 1 is 1.18 bits per heavy atom. The fourth-order valence-electron chi connectivity index (χ4n) is 5.02. The number of nitrogens with one attached hydrogen (secondary N) is 1. The van der Waals surface area contributed by atoms with E-state index in [0.717, 1.165) is 5.56 Å².